The minimum Gasteiger partial charge on any atom is -0.387 e. The van der Waals surface area contributed by atoms with E-state index < -0.39 is 22.7 Å². The minimum absolute atomic E-state index is 0.0608. The second-order valence-electron chi connectivity index (χ2n) is 9.22. The van der Waals surface area contributed by atoms with Gasteiger partial charge in [-0.1, -0.05) is 18.1 Å². The van der Waals surface area contributed by atoms with Crippen LogP contribution < -0.4 is 5.32 Å². The summed E-state index contributed by atoms with van der Waals surface area (Å²) >= 11 is 6.27. The van der Waals surface area contributed by atoms with Crippen molar-refractivity contribution in [3.8, 4) is 0 Å². The Morgan fingerprint density at radius 1 is 1.41 bits per heavy atom. The maximum Gasteiger partial charge on any atom is 0.162 e. The Morgan fingerprint density at radius 3 is 2.62 bits per heavy atom. The Hall–Kier alpha value is -0.790. The summed E-state index contributed by atoms with van der Waals surface area (Å²) in [4.78, 5) is 26.7. The quantitative estimate of drug-likeness (QED) is 0.334. The predicted molar refractivity (Wildman–Crippen MR) is 111 cm³/mol. The first-order valence-electron chi connectivity index (χ1n) is 10.6. The molecule has 0 bridgehead atoms. The first-order chi connectivity index (χ1) is 13.7. The minimum atomic E-state index is -1.59. The van der Waals surface area contributed by atoms with E-state index in [-0.39, 0.29) is 42.9 Å². The molecule has 3 fully saturated rings. The summed E-state index contributed by atoms with van der Waals surface area (Å²) in [5.41, 5.74) is -3.03. The molecule has 0 aromatic heterocycles. The summed E-state index contributed by atoms with van der Waals surface area (Å²) in [6.07, 6.45) is 4.74. The molecule has 3 rings (SSSR count). The fraction of sp³-hybridized carbons (Fsp3) is 0.818. The molecule has 1 heterocycles. The number of Topliss-reactive ketones (excluding diaryl/α,β-unsaturated/α-hetero) is 2. The number of carbonyl (C=O) groups excluding carboxylic acids is 2. The zero-order valence-electron chi connectivity index (χ0n) is 17.9. The van der Waals surface area contributed by atoms with Gasteiger partial charge < -0.3 is 19.9 Å². The molecule has 2 saturated carbocycles. The fourth-order valence-electron chi connectivity index (χ4n) is 5.24. The number of allylic oxidation sites excluding steroid dienone is 1. The number of methoxy groups -OCH3 is 1. The van der Waals surface area contributed by atoms with Crippen molar-refractivity contribution in [2.75, 3.05) is 19.5 Å². The molecular formula is C22H34ClNO5. The lowest BCUT2D eigenvalue weighted by atomic mass is 9.52. The van der Waals surface area contributed by atoms with Crippen LogP contribution in [0.1, 0.15) is 59.3 Å². The van der Waals surface area contributed by atoms with Crippen molar-refractivity contribution in [2.24, 2.45) is 5.41 Å². The molecule has 6 nitrogen and oxygen atoms in total. The van der Waals surface area contributed by atoms with Gasteiger partial charge in [0.15, 0.2) is 11.6 Å². The van der Waals surface area contributed by atoms with E-state index in [1.165, 1.54) is 7.11 Å². The largest absolute Gasteiger partial charge is 0.387 e. The van der Waals surface area contributed by atoms with Gasteiger partial charge in [0.2, 0.25) is 0 Å². The molecule has 1 saturated heterocycles. The van der Waals surface area contributed by atoms with Gasteiger partial charge in [-0.25, -0.2) is 0 Å². The van der Waals surface area contributed by atoms with Crippen molar-refractivity contribution in [3.05, 3.63) is 11.6 Å². The van der Waals surface area contributed by atoms with Crippen LogP contribution in [0, 0.1) is 5.41 Å². The summed E-state index contributed by atoms with van der Waals surface area (Å²) in [6, 6.07) is 0.301. The van der Waals surface area contributed by atoms with Gasteiger partial charge in [-0.3, -0.25) is 9.59 Å². The highest BCUT2D eigenvalue weighted by Crippen LogP contribution is 2.62. The van der Waals surface area contributed by atoms with Crippen LogP contribution in [-0.4, -0.2) is 65.7 Å². The highest BCUT2D eigenvalue weighted by Gasteiger charge is 2.79. The van der Waals surface area contributed by atoms with Crippen LogP contribution in [0.2, 0.25) is 0 Å². The second-order valence-corrected chi connectivity index (χ2v) is 9.49. The number of hydrogen-bond donors (Lipinski definition) is 2. The summed E-state index contributed by atoms with van der Waals surface area (Å²) in [5, 5.41) is 15.0. The standard InChI is InChI=1S/C22H34ClNO5/c1-14(2)8-9-18-20(3,29-18)22(17(26)12-24-15-6-5-7-15)19(28-4)16(25)10-11-21(22,27)13-23/h8,15,18-19,24,27H,5-7,9-13H2,1-4H3. The number of nitrogens with one attached hydrogen (secondary N) is 1. The van der Waals surface area contributed by atoms with Crippen LogP contribution in [0.5, 0.6) is 0 Å². The molecule has 2 aliphatic carbocycles. The fourth-order valence-corrected chi connectivity index (χ4v) is 5.59. The van der Waals surface area contributed by atoms with Gasteiger partial charge in [0.25, 0.3) is 0 Å². The summed E-state index contributed by atoms with van der Waals surface area (Å²) in [5.74, 6) is -0.601. The van der Waals surface area contributed by atoms with Crippen molar-refractivity contribution in [1.82, 2.24) is 5.32 Å². The van der Waals surface area contributed by atoms with Crippen molar-refractivity contribution in [3.63, 3.8) is 0 Å². The molecule has 0 radical (unpaired) electrons. The van der Waals surface area contributed by atoms with E-state index >= 15 is 0 Å². The van der Waals surface area contributed by atoms with Gasteiger partial charge in [0.1, 0.15) is 17.1 Å². The maximum absolute atomic E-state index is 13.8. The number of hydrogen-bond acceptors (Lipinski definition) is 6. The highest BCUT2D eigenvalue weighted by atomic mass is 35.5. The van der Waals surface area contributed by atoms with Gasteiger partial charge in [0, 0.05) is 19.6 Å². The first kappa shape index (κ1) is 22.9. The van der Waals surface area contributed by atoms with Crippen molar-refractivity contribution < 1.29 is 24.2 Å². The molecule has 29 heavy (non-hydrogen) atoms. The molecule has 2 N–H and O–H groups in total. The monoisotopic (exact) mass is 427 g/mol. The van der Waals surface area contributed by atoms with E-state index in [9.17, 15) is 14.7 Å². The van der Waals surface area contributed by atoms with Crippen LogP contribution in [0.4, 0.5) is 0 Å². The summed E-state index contributed by atoms with van der Waals surface area (Å²) in [6.45, 7) is 5.88. The Morgan fingerprint density at radius 2 is 2.10 bits per heavy atom. The lowest BCUT2D eigenvalue weighted by molar-refractivity contribution is -0.202. The third-order valence-corrected chi connectivity index (χ3v) is 7.67. The zero-order chi connectivity index (χ0) is 21.4. The van der Waals surface area contributed by atoms with Crippen LogP contribution in [0.15, 0.2) is 11.6 Å². The van der Waals surface area contributed by atoms with E-state index in [0.29, 0.717) is 12.5 Å². The van der Waals surface area contributed by atoms with E-state index in [2.05, 4.69) is 5.32 Å². The lowest BCUT2D eigenvalue weighted by Crippen LogP contribution is -2.73. The maximum atomic E-state index is 13.8. The average molecular weight is 428 g/mol. The van der Waals surface area contributed by atoms with Crippen LogP contribution >= 0.6 is 11.6 Å². The van der Waals surface area contributed by atoms with Gasteiger partial charge in [0.05, 0.1) is 24.1 Å². The third kappa shape index (κ3) is 3.61. The number of ketones is 2. The molecule has 0 aromatic carbocycles. The lowest BCUT2D eigenvalue weighted by Gasteiger charge is -2.54. The average Bonchev–Trinajstić information content (AvgIpc) is 3.31. The number of ether oxygens (including phenoxy) is 2. The molecule has 0 spiro atoms. The number of aliphatic hydroxyl groups is 1. The molecule has 0 aromatic rings. The van der Waals surface area contributed by atoms with E-state index in [4.69, 9.17) is 21.1 Å². The zero-order valence-corrected chi connectivity index (χ0v) is 18.7. The Bertz CT molecular complexity index is 689. The summed E-state index contributed by atoms with van der Waals surface area (Å²) in [7, 11) is 1.42. The molecule has 1 aliphatic heterocycles. The molecular weight excluding hydrogens is 394 g/mol. The first-order valence-corrected chi connectivity index (χ1v) is 11.1. The molecule has 164 valence electrons. The number of epoxide rings is 1. The topological polar surface area (TPSA) is 88.2 Å². The molecule has 0 amide bonds. The molecule has 5 unspecified atom stereocenters. The SMILES string of the molecule is COC1C(=O)CCC(O)(CCl)C1(C(=O)CNC1CCC1)C1(C)OC1CC=C(C)C. The van der Waals surface area contributed by atoms with Crippen molar-refractivity contribution >= 4 is 23.2 Å². The summed E-state index contributed by atoms with van der Waals surface area (Å²) < 4.78 is 11.7. The van der Waals surface area contributed by atoms with Crippen molar-refractivity contribution in [1.29, 1.82) is 0 Å². The van der Waals surface area contributed by atoms with E-state index in [1.54, 1.807) is 0 Å². The van der Waals surface area contributed by atoms with E-state index in [0.717, 1.165) is 24.8 Å². The van der Waals surface area contributed by atoms with E-state index in [1.807, 2.05) is 26.8 Å². The Labute approximate surface area is 178 Å². The van der Waals surface area contributed by atoms with Gasteiger partial charge in [-0.05, 0) is 46.5 Å². The number of halogens is 1. The van der Waals surface area contributed by atoms with Gasteiger partial charge in [-0.15, -0.1) is 11.6 Å². The molecule has 5 atom stereocenters. The smallest absolute Gasteiger partial charge is 0.162 e. The van der Waals surface area contributed by atoms with Crippen LogP contribution in [0.3, 0.4) is 0 Å². The third-order valence-electron chi connectivity index (χ3n) is 7.23. The van der Waals surface area contributed by atoms with Crippen molar-refractivity contribution in [2.45, 2.75) is 88.7 Å². The van der Waals surface area contributed by atoms with Gasteiger partial charge in [-0.2, -0.15) is 0 Å². The second kappa shape index (κ2) is 8.39. The number of alkyl halides is 1. The normalized spacial score (nSPS) is 39.7. The highest BCUT2D eigenvalue weighted by molar-refractivity contribution is 6.19. The van der Waals surface area contributed by atoms with Gasteiger partial charge >= 0.3 is 0 Å². The Balaban J connectivity index is 2.03. The molecule has 3 aliphatic rings. The number of rotatable bonds is 9. The predicted octanol–water partition coefficient (Wildman–Crippen LogP) is 2.55. The molecule has 7 heteroatoms. The van der Waals surface area contributed by atoms with Crippen LogP contribution in [-0.2, 0) is 19.1 Å². The number of carbonyl (C=O) groups is 2. The Kier molecular flexibility index (Phi) is 6.62. The van der Waals surface area contributed by atoms with Crippen LogP contribution in [0.25, 0.3) is 0 Å².